The van der Waals surface area contributed by atoms with Crippen LogP contribution in [0.15, 0.2) is 39.7 Å². The van der Waals surface area contributed by atoms with Crippen LogP contribution in [0.1, 0.15) is 17.7 Å². The molecule has 152 valence electrons. The third-order valence-corrected chi connectivity index (χ3v) is 5.62. The molecule has 1 fully saturated rings. The SMILES string of the molecule is NC(=O)CCN1C(=O)/C(=C/c2ccc(-c3cc(C(F)(F)F)ccc3Cl)o2)SC1=S. The zero-order valence-electron chi connectivity index (χ0n) is 14.5. The maximum Gasteiger partial charge on any atom is 0.416 e. The smallest absolute Gasteiger partial charge is 0.416 e. The molecule has 1 aromatic heterocycles. The molecule has 2 N–H and O–H groups in total. The highest BCUT2D eigenvalue weighted by atomic mass is 35.5. The minimum absolute atomic E-state index is 0.0291. The van der Waals surface area contributed by atoms with Crippen LogP contribution >= 0.6 is 35.6 Å². The van der Waals surface area contributed by atoms with Crippen molar-refractivity contribution in [2.45, 2.75) is 12.6 Å². The molecule has 1 aliphatic heterocycles. The van der Waals surface area contributed by atoms with E-state index < -0.39 is 23.6 Å². The minimum atomic E-state index is -4.52. The number of primary amides is 1. The largest absolute Gasteiger partial charge is 0.457 e. The summed E-state index contributed by atoms with van der Waals surface area (Å²) in [5, 5.41) is 0.0941. The molecular formula is C18H12ClF3N2O3S2. The van der Waals surface area contributed by atoms with Gasteiger partial charge < -0.3 is 10.2 Å². The second-order valence-electron chi connectivity index (χ2n) is 5.94. The Balaban J connectivity index is 1.85. The third kappa shape index (κ3) is 4.82. The maximum absolute atomic E-state index is 13.0. The molecule has 2 aromatic rings. The van der Waals surface area contributed by atoms with E-state index in [0.29, 0.717) is 0 Å². The Labute approximate surface area is 177 Å². The Kier molecular flexibility index (Phi) is 6.06. The first-order valence-corrected chi connectivity index (χ1v) is 9.67. The number of thiocarbonyl (C=S) groups is 1. The Morgan fingerprint density at radius 3 is 2.69 bits per heavy atom. The number of carbonyl (C=O) groups excluding carboxylic acids is 2. The lowest BCUT2D eigenvalue weighted by molar-refractivity contribution is -0.137. The number of nitrogens with two attached hydrogens (primary N) is 1. The van der Waals surface area contributed by atoms with Crippen LogP contribution in [0.5, 0.6) is 0 Å². The molecule has 0 radical (unpaired) electrons. The van der Waals surface area contributed by atoms with Crippen molar-refractivity contribution in [3.63, 3.8) is 0 Å². The summed E-state index contributed by atoms with van der Waals surface area (Å²) in [6.07, 6.45) is -3.12. The number of nitrogens with zero attached hydrogens (tertiary/aromatic N) is 1. The molecule has 1 saturated heterocycles. The average Bonchev–Trinajstić information content (AvgIpc) is 3.18. The second kappa shape index (κ2) is 8.21. The van der Waals surface area contributed by atoms with Gasteiger partial charge in [-0.15, -0.1) is 0 Å². The molecule has 0 bridgehead atoms. The van der Waals surface area contributed by atoms with Crippen molar-refractivity contribution in [1.29, 1.82) is 0 Å². The lowest BCUT2D eigenvalue weighted by Gasteiger charge is -2.12. The predicted molar refractivity (Wildman–Crippen MR) is 108 cm³/mol. The third-order valence-electron chi connectivity index (χ3n) is 3.91. The van der Waals surface area contributed by atoms with Crippen molar-refractivity contribution in [2.75, 3.05) is 6.54 Å². The van der Waals surface area contributed by atoms with Crippen LogP contribution in [0, 0.1) is 0 Å². The van der Waals surface area contributed by atoms with Crippen molar-refractivity contribution in [3.8, 4) is 11.3 Å². The molecule has 0 aliphatic carbocycles. The zero-order chi connectivity index (χ0) is 21.3. The normalized spacial score (nSPS) is 16.1. The highest BCUT2D eigenvalue weighted by molar-refractivity contribution is 8.26. The summed E-state index contributed by atoms with van der Waals surface area (Å²) in [5.41, 5.74) is 4.31. The van der Waals surface area contributed by atoms with Gasteiger partial charge in [0.25, 0.3) is 5.91 Å². The zero-order valence-corrected chi connectivity index (χ0v) is 16.8. The fourth-order valence-corrected chi connectivity index (χ4v) is 4.01. The first-order valence-electron chi connectivity index (χ1n) is 8.07. The molecule has 1 aromatic carbocycles. The van der Waals surface area contributed by atoms with Gasteiger partial charge in [-0.3, -0.25) is 14.5 Å². The molecule has 29 heavy (non-hydrogen) atoms. The van der Waals surface area contributed by atoms with Crippen molar-refractivity contribution in [1.82, 2.24) is 4.90 Å². The van der Waals surface area contributed by atoms with Crippen LogP contribution in [0.25, 0.3) is 17.4 Å². The first kappa shape index (κ1) is 21.4. The van der Waals surface area contributed by atoms with Crippen molar-refractivity contribution in [3.05, 3.63) is 51.6 Å². The summed E-state index contributed by atoms with van der Waals surface area (Å²) < 4.78 is 44.7. The Bertz CT molecular complexity index is 1030. The van der Waals surface area contributed by atoms with Crippen LogP contribution in [0.3, 0.4) is 0 Å². The molecular weight excluding hydrogens is 449 g/mol. The molecule has 3 rings (SSSR count). The van der Waals surface area contributed by atoms with E-state index in [4.69, 9.17) is 34.0 Å². The number of carbonyl (C=O) groups is 2. The van der Waals surface area contributed by atoms with Crippen molar-refractivity contribution < 1.29 is 27.2 Å². The van der Waals surface area contributed by atoms with Crippen LogP contribution in [-0.4, -0.2) is 27.6 Å². The monoisotopic (exact) mass is 460 g/mol. The Hall–Kier alpha value is -2.30. The number of rotatable bonds is 5. The molecule has 2 heterocycles. The van der Waals surface area contributed by atoms with Crippen LogP contribution in [0.2, 0.25) is 5.02 Å². The Morgan fingerprint density at radius 1 is 1.31 bits per heavy atom. The van der Waals surface area contributed by atoms with Crippen LogP contribution in [-0.2, 0) is 15.8 Å². The van der Waals surface area contributed by atoms with Crippen molar-refractivity contribution in [2.24, 2.45) is 5.73 Å². The van der Waals surface area contributed by atoms with Gasteiger partial charge in [-0.2, -0.15) is 13.2 Å². The predicted octanol–water partition coefficient (Wildman–Crippen LogP) is 4.70. The number of alkyl halides is 3. The number of thioether (sulfide) groups is 1. The molecule has 0 unspecified atom stereocenters. The standard InChI is InChI=1S/C18H12ClF3N2O3S2/c19-12-3-1-9(18(20,21)22)7-11(12)13-4-2-10(27-13)8-14-16(26)24(17(28)29-14)6-5-15(23)25/h1-4,7-8H,5-6H2,(H2,23,25)/b14-8-. The van der Waals surface area contributed by atoms with Gasteiger partial charge in [0.2, 0.25) is 5.91 Å². The minimum Gasteiger partial charge on any atom is -0.457 e. The number of hydrogen-bond donors (Lipinski definition) is 1. The highest BCUT2D eigenvalue weighted by Gasteiger charge is 2.33. The molecule has 11 heteroatoms. The van der Waals surface area contributed by atoms with E-state index in [1.165, 1.54) is 23.1 Å². The van der Waals surface area contributed by atoms with E-state index in [9.17, 15) is 22.8 Å². The summed E-state index contributed by atoms with van der Waals surface area (Å²) in [5.74, 6) is -0.603. The van der Waals surface area contributed by atoms with Crippen molar-refractivity contribution >= 4 is 57.8 Å². The van der Waals surface area contributed by atoms with Crippen LogP contribution in [0.4, 0.5) is 13.2 Å². The van der Waals surface area contributed by atoms with E-state index in [1.54, 1.807) is 0 Å². The van der Waals surface area contributed by atoms with Gasteiger partial charge in [-0.05, 0) is 30.3 Å². The van der Waals surface area contributed by atoms with Gasteiger partial charge in [0.05, 0.1) is 15.5 Å². The molecule has 0 atom stereocenters. The first-order chi connectivity index (χ1) is 13.6. The fraction of sp³-hybridized carbons (Fsp3) is 0.167. The van der Waals surface area contributed by atoms with Gasteiger partial charge in [-0.25, -0.2) is 0 Å². The Morgan fingerprint density at radius 2 is 2.03 bits per heavy atom. The van der Waals surface area contributed by atoms with E-state index >= 15 is 0 Å². The maximum atomic E-state index is 13.0. The van der Waals surface area contributed by atoms with E-state index in [2.05, 4.69) is 0 Å². The number of amides is 2. The van der Waals surface area contributed by atoms with Gasteiger partial charge in [-0.1, -0.05) is 35.6 Å². The van der Waals surface area contributed by atoms with Gasteiger partial charge in [0.15, 0.2) is 0 Å². The topological polar surface area (TPSA) is 76.5 Å². The molecule has 5 nitrogen and oxygen atoms in total. The number of furan rings is 1. The summed E-state index contributed by atoms with van der Waals surface area (Å²) >= 11 is 12.2. The van der Waals surface area contributed by atoms with E-state index in [0.717, 1.165) is 30.0 Å². The van der Waals surface area contributed by atoms with Gasteiger partial charge in [0, 0.05) is 24.6 Å². The number of benzene rings is 1. The molecule has 0 saturated carbocycles. The summed E-state index contributed by atoms with van der Waals surface area (Å²) in [7, 11) is 0. The quantitative estimate of drug-likeness (QED) is 0.517. The summed E-state index contributed by atoms with van der Waals surface area (Å²) in [6, 6.07) is 5.88. The van der Waals surface area contributed by atoms with E-state index in [1.807, 2.05) is 0 Å². The summed E-state index contributed by atoms with van der Waals surface area (Å²) in [4.78, 5) is 24.9. The van der Waals surface area contributed by atoms with E-state index in [-0.39, 0.29) is 44.3 Å². The lowest BCUT2D eigenvalue weighted by atomic mass is 10.1. The highest BCUT2D eigenvalue weighted by Crippen LogP contribution is 2.38. The fourth-order valence-electron chi connectivity index (χ4n) is 2.51. The molecule has 1 aliphatic rings. The molecule has 2 amide bonds. The number of halogens is 4. The van der Waals surface area contributed by atoms with Gasteiger partial charge in [0.1, 0.15) is 15.8 Å². The number of hydrogen-bond acceptors (Lipinski definition) is 5. The second-order valence-corrected chi connectivity index (χ2v) is 8.03. The molecule has 0 spiro atoms. The van der Waals surface area contributed by atoms with Gasteiger partial charge >= 0.3 is 6.18 Å². The average molecular weight is 461 g/mol. The lowest BCUT2D eigenvalue weighted by Crippen LogP contribution is -2.31. The summed E-state index contributed by atoms with van der Waals surface area (Å²) in [6.45, 7) is 0.0700. The van der Waals surface area contributed by atoms with Crippen LogP contribution < -0.4 is 5.73 Å².